The van der Waals surface area contributed by atoms with Gasteiger partial charge in [-0.2, -0.15) is 0 Å². The summed E-state index contributed by atoms with van der Waals surface area (Å²) in [5.41, 5.74) is 4.89. The molecule has 24 heavy (non-hydrogen) atoms. The van der Waals surface area contributed by atoms with Gasteiger partial charge < -0.3 is 10.1 Å². The molecule has 0 spiro atoms. The van der Waals surface area contributed by atoms with Crippen LogP contribution in [0, 0.1) is 6.92 Å². The molecule has 0 fully saturated rings. The standard InChI is InChI=1S/C20H21NO3/c1-13-5-3-4-6-15(13)12-19(22)21-18-10-9-14-7-8-16(11-17(14)18)20(23)24-2/h3-8,11,18H,9-10,12H2,1-2H3,(H,21,22). The number of fused-ring (bicyclic) bond motifs is 1. The van der Waals surface area contributed by atoms with Crippen LogP contribution in [0.1, 0.15) is 45.1 Å². The molecule has 0 radical (unpaired) electrons. The Balaban J connectivity index is 1.73. The molecule has 1 aliphatic carbocycles. The normalized spacial score (nSPS) is 15.7. The summed E-state index contributed by atoms with van der Waals surface area (Å²) >= 11 is 0. The molecule has 0 bridgehead atoms. The van der Waals surface area contributed by atoms with E-state index in [0.717, 1.165) is 29.5 Å². The van der Waals surface area contributed by atoms with E-state index in [1.54, 1.807) is 6.07 Å². The third-order valence-corrected chi connectivity index (χ3v) is 4.59. The van der Waals surface area contributed by atoms with Crippen LogP contribution >= 0.6 is 0 Å². The van der Waals surface area contributed by atoms with Crippen molar-refractivity contribution in [2.45, 2.75) is 32.2 Å². The highest BCUT2D eigenvalue weighted by Gasteiger charge is 2.25. The molecule has 0 saturated carbocycles. The fraction of sp³-hybridized carbons (Fsp3) is 0.300. The molecule has 0 saturated heterocycles. The van der Waals surface area contributed by atoms with Crippen molar-refractivity contribution in [3.63, 3.8) is 0 Å². The molecule has 0 aromatic heterocycles. The predicted octanol–water partition coefficient (Wildman–Crippen LogP) is 3.13. The van der Waals surface area contributed by atoms with Gasteiger partial charge in [-0.1, -0.05) is 30.3 Å². The predicted molar refractivity (Wildman–Crippen MR) is 91.9 cm³/mol. The van der Waals surface area contributed by atoms with E-state index in [-0.39, 0.29) is 17.9 Å². The maximum absolute atomic E-state index is 12.4. The Morgan fingerprint density at radius 1 is 1.21 bits per heavy atom. The zero-order valence-electron chi connectivity index (χ0n) is 14.0. The third-order valence-electron chi connectivity index (χ3n) is 4.59. The number of ether oxygens (including phenoxy) is 1. The lowest BCUT2D eigenvalue weighted by atomic mass is 10.0. The van der Waals surface area contributed by atoms with Crippen molar-refractivity contribution in [3.05, 3.63) is 70.3 Å². The Morgan fingerprint density at radius 3 is 2.75 bits per heavy atom. The lowest BCUT2D eigenvalue weighted by Gasteiger charge is -2.15. The molecule has 4 heteroatoms. The van der Waals surface area contributed by atoms with Crippen LogP contribution in [-0.4, -0.2) is 19.0 Å². The van der Waals surface area contributed by atoms with Crippen molar-refractivity contribution in [2.75, 3.05) is 7.11 Å². The molecule has 4 nitrogen and oxygen atoms in total. The van der Waals surface area contributed by atoms with E-state index in [9.17, 15) is 9.59 Å². The van der Waals surface area contributed by atoms with Crippen molar-refractivity contribution < 1.29 is 14.3 Å². The van der Waals surface area contributed by atoms with Gasteiger partial charge in [0, 0.05) is 0 Å². The summed E-state index contributed by atoms with van der Waals surface area (Å²) in [7, 11) is 1.37. The monoisotopic (exact) mass is 323 g/mol. The van der Waals surface area contributed by atoms with Gasteiger partial charge in [0.2, 0.25) is 5.91 Å². The first kappa shape index (κ1) is 16.2. The van der Waals surface area contributed by atoms with E-state index in [1.165, 1.54) is 12.7 Å². The van der Waals surface area contributed by atoms with Gasteiger partial charge in [0.1, 0.15) is 0 Å². The van der Waals surface area contributed by atoms with Crippen molar-refractivity contribution in [2.24, 2.45) is 0 Å². The minimum atomic E-state index is -0.352. The van der Waals surface area contributed by atoms with Crippen molar-refractivity contribution >= 4 is 11.9 Å². The zero-order valence-corrected chi connectivity index (χ0v) is 14.0. The first-order valence-electron chi connectivity index (χ1n) is 8.13. The molecule has 1 aliphatic rings. The van der Waals surface area contributed by atoms with Crippen molar-refractivity contribution in [1.82, 2.24) is 5.32 Å². The molecule has 0 heterocycles. The second-order valence-electron chi connectivity index (χ2n) is 6.17. The Bertz CT molecular complexity index is 782. The van der Waals surface area contributed by atoms with Crippen LogP contribution in [0.3, 0.4) is 0 Å². The minimum Gasteiger partial charge on any atom is -0.465 e. The first-order valence-corrected chi connectivity index (χ1v) is 8.13. The molecule has 124 valence electrons. The number of carbonyl (C=O) groups is 2. The van der Waals surface area contributed by atoms with Crippen LogP contribution in [0.5, 0.6) is 0 Å². The number of benzene rings is 2. The Hall–Kier alpha value is -2.62. The van der Waals surface area contributed by atoms with Gasteiger partial charge in [-0.3, -0.25) is 4.79 Å². The minimum absolute atomic E-state index is 0.00520. The lowest BCUT2D eigenvalue weighted by molar-refractivity contribution is -0.121. The molecule has 1 N–H and O–H groups in total. The number of carbonyl (C=O) groups excluding carboxylic acids is 2. The number of aryl methyl sites for hydroxylation is 2. The molecule has 2 aromatic carbocycles. The van der Waals surface area contributed by atoms with Crippen LogP contribution in [0.15, 0.2) is 42.5 Å². The lowest BCUT2D eigenvalue weighted by Crippen LogP contribution is -2.28. The Morgan fingerprint density at radius 2 is 2.00 bits per heavy atom. The summed E-state index contributed by atoms with van der Waals surface area (Å²) in [6.07, 6.45) is 2.14. The molecule has 1 amide bonds. The van der Waals surface area contributed by atoms with Crippen molar-refractivity contribution in [1.29, 1.82) is 0 Å². The molecule has 1 atom stereocenters. The van der Waals surface area contributed by atoms with Crippen LogP contribution in [0.4, 0.5) is 0 Å². The maximum atomic E-state index is 12.4. The average molecular weight is 323 g/mol. The average Bonchev–Trinajstić information content (AvgIpc) is 2.98. The second-order valence-corrected chi connectivity index (χ2v) is 6.17. The second kappa shape index (κ2) is 6.87. The van der Waals surface area contributed by atoms with E-state index in [1.807, 2.05) is 43.3 Å². The van der Waals surface area contributed by atoms with E-state index >= 15 is 0 Å². The summed E-state index contributed by atoms with van der Waals surface area (Å²) in [5, 5.41) is 3.10. The number of rotatable bonds is 4. The number of nitrogens with one attached hydrogen (secondary N) is 1. The number of hydrogen-bond acceptors (Lipinski definition) is 3. The summed E-state index contributed by atoms with van der Waals surface area (Å²) in [6, 6.07) is 13.4. The molecule has 1 unspecified atom stereocenters. The SMILES string of the molecule is COC(=O)c1ccc2c(c1)C(NC(=O)Cc1ccccc1C)CC2. The fourth-order valence-electron chi connectivity index (χ4n) is 3.22. The van der Waals surface area contributed by atoms with Gasteiger partial charge in [-0.15, -0.1) is 0 Å². The van der Waals surface area contributed by atoms with Gasteiger partial charge >= 0.3 is 5.97 Å². The van der Waals surface area contributed by atoms with Crippen LogP contribution < -0.4 is 5.32 Å². The third kappa shape index (κ3) is 3.32. The Kier molecular flexibility index (Phi) is 4.65. The summed E-state index contributed by atoms with van der Waals surface area (Å²) in [5.74, 6) is -0.347. The quantitative estimate of drug-likeness (QED) is 0.880. The van der Waals surface area contributed by atoms with Gasteiger partial charge in [0.25, 0.3) is 0 Å². The maximum Gasteiger partial charge on any atom is 0.337 e. The van der Waals surface area contributed by atoms with Crippen LogP contribution in [0.2, 0.25) is 0 Å². The first-order chi connectivity index (χ1) is 11.6. The van der Waals surface area contributed by atoms with E-state index in [2.05, 4.69) is 5.32 Å². The van der Waals surface area contributed by atoms with E-state index < -0.39 is 0 Å². The zero-order chi connectivity index (χ0) is 17.1. The topological polar surface area (TPSA) is 55.4 Å². The molecule has 0 aliphatic heterocycles. The molecular formula is C20H21NO3. The highest BCUT2D eigenvalue weighted by Crippen LogP contribution is 2.32. The number of esters is 1. The number of hydrogen-bond donors (Lipinski definition) is 1. The number of amides is 1. The van der Waals surface area contributed by atoms with E-state index in [0.29, 0.717) is 12.0 Å². The highest BCUT2D eigenvalue weighted by atomic mass is 16.5. The summed E-state index contributed by atoms with van der Waals surface area (Å²) < 4.78 is 4.78. The fourth-order valence-corrected chi connectivity index (χ4v) is 3.22. The molecule has 3 rings (SSSR count). The van der Waals surface area contributed by atoms with Gasteiger partial charge in [0.05, 0.1) is 25.1 Å². The van der Waals surface area contributed by atoms with Crippen LogP contribution in [-0.2, 0) is 22.4 Å². The van der Waals surface area contributed by atoms with Crippen LogP contribution in [0.25, 0.3) is 0 Å². The largest absolute Gasteiger partial charge is 0.465 e. The molecular weight excluding hydrogens is 302 g/mol. The van der Waals surface area contributed by atoms with Gasteiger partial charge in [-0.05, 0) is 54.2 Å². The highest BCUT2D eigenvalue weighted by molar-refractivity contribution is 5.89. The Labute approximate surface area is 141 Å². The van der Waals surface area contributed by atoms with Gasteiger partial charge in [0.15, 0.2) is 0 Å². The number of methoxy groups -OCH3 is 1. The van der Waals surface area contributed by atoms with Gasteiger partial charge in [-0.25, -0.2) is 4.79 Å². The smallest absolute Gasteiger partial charge is 0.337 e. The molecule has 2 aromatic rings. The summed E-state index contributed by atoms with van der Waals surface area (Å²) in [6.45, 7) is 2.01. The van der Waals surface area contributed by atoms with Crippen molar-refractivity contribution in [3.8, 4) is 0 Å². The summed E-state index contributed by atoms with van der Waals surface area (Å²) in [4.78, 5) is 24.1. The van der Waals surface area contributed by atoms with E-state index in [4.69, 9.17) is 4.74 Å².